The van der Waals surface area contributed by atoms with Crippen LogP contribution in [0.2, 0.25) is 0 Å². The van der Waals surface area contributed by atoms with Crippen LogP contribution in [0.5, 0.6) is 0 Å². The van der Waals surface area contributed by atoms with Gasteiger partial charge in [-0.05, 0) is 124 Å². The van der Waals surface area contributed by atoms with E-state index in [4.69, 9.17) is 11.6 Å². The van der Waals surface area contributed by atoms with Gasteiger partial charge >= 0.3 is 0 Å². The molecule has 61 heavy (non-hydrogen) atoms. The van der Waals surface area contributed by atoms with Crippen molar-refractivity contribution in [1.82, 2.24) is 0 Å². The van der Waals surface area contributed by atoms with E-state index in [-0.39, 0.29) is 5.41 Å². The zero-order valence-electron chi connectivity index (χ0n) is 34.8. The maximum Gasteiger partial charge on any atom is 0.0708 e. The van der Waals surface area contributed by atoms with Gasteiger partial charge in [-0.3, -0.25) is 4.99 Å². The van der Waals surface area contributed by atoms with Crippen molar-refractivity contribution in [2.75, 3.05) is 0 Å². The second-order valence-corrected chi connectivity index (χ2v) is 17.2. The van der Waals surface area contributed by atoms with Gasteiger partial charge in [-0.25, -0.2) is 0 Å². The summed E-state index contributed by atoms with van der Waals surface area (Å²) in [4.78, 5) is 5.25. The van der Waals surface area contributed by atoms with E-state index in [9.17, 15) is 0 Å². The van der Waals surface area contributed by atoms with Gasteiger partial charge in [0.15, 0.2) is 0 Å². The molecule has 9 aromatic carbocycles. The third-order valence-corrected chi connectivity index (χ3v) is 13.2. The van der Waals surface area contributed by atoms with Crippen molar-refractivity contribution in [1.29, 1.82) is 0 Å². The quantitative estimate of drug-likeness (QED) is 0.149. The van der Waals surface area contributed by atoms with Gasteiger partial charge in [-0.1, -0.05) is 202 Å². The van der Waals surface area contributed by atoms with Crippen LogP contribution in [0.1, 0.15) is 64.8 Å². The standard InChI is InChI=1S/C60H45N/c1-38-27-32-50-47-22-12-11-21-44(47)36-52(42-28-30-43(31-29-42)55-37-45(35-40-17-7-5-8-18-40)48-23-14-16-26-54(48)61-55)57(50)56(38)58-46(39(2)41-19-9-6-10-20-41)33-34-51-49-24-13-15-25-53(49)60(3,4)59(51)58/h5-36H,2,37H2,1,3-4H3. The maximum atomic E-state index is 5.25. The average Bonchev–Trinajstić information content (AvgIpc) is 3.54. The minimum atomic E-state index is -0.241. The van der Waals surface area contributed by atoms with Gasteiger partial charge in [0, 0.05) is 17.4 Å². The number of nitrogens with zero attached hydrogens (tertiary/aromatic N) is 1. The van der Waals surface area contributed by atoms with Crippen LogP contribution >= 0.6 is 0 Å². The summed E-state index contributed by atoms with van der Waals surface area (Å²) in [6.07, 6.45) is 3.08. The fourth-order valence-electron chi connectivity index (χ4n) is 10.2. The van der Waals surface area contributed by atoms with Crippen LogP contribution in [0.15, 0.2) is 200 Å². The highest BCUT2D eigenvalue weighted by Gasteiger charge is 2.39. The molecule has 0 aromatic heterocycles. The lowest BCUT2D eigenvalue weighted by atomic mass is 9.74. The Kier molecular flexibility index (Phi) is 8.69. The van der Waals surface area contributed by atoms with Crippen molar-refractivity contribution in [3.63, 3.8) is 0 Å². The molecule has 0 radical (unpaired) electrons. The van der Waals surface area contributed by atoms with Gasteiger partial charge in [0.05, 0.1) is 11.4 Å². The van der Waals surface area contributed by atoms with Gasteiger partial charge in [0.1, 0.15) is 0 Å². The van der Waals surface area contributed by atoms with E-state index in [1.54, 1.807) is 0 Å². The molecule has 9 aromatic rings. The monoisotopic (exact) mass is 779 g/mol. The van der Waals surface area contributed by atoms with E-state index >= 15 is 0 Å². The lowest BCUT2D eigenvalue weighted by Crippen LogP contribution is -2.17. The largest absolute Gasteiger partial charge is 0.252 e. The molecule has 0 bridgehead atoms. The Morgan fingerprint density at radius 1 is 0.574 bits per heavy atom. The van der Waals surface area contributed by atoms with Gasteiger partial charge in [0.25, 0.3) is 0 Å². The summed E-state index contributed by atoms with van der Waals surface area (Å²) in [6, 6.07) is 68.6. The van der Waals surface area contributed by atoms with E-state index in [0.717, 1.165) is 34.5 Å². The van der Waals surface area contributed by atoms with Gasteiger partial charge < -0.3 is 0 Å². The number of allylic oxidation sites excluding steroid dienone is 1. The van der Waals surface area contributed by atoms with E-state index in [1.165, 1.54) is 93.9 Å². The molecule has 1 aliphatic carbocycles. The van der Waals surface area contributed by atoms with Crippen LogP contribution in [0.3, 0.4) is 0 Å². The molecule has 0 saturated heterocycles. The Labute approximate surface area is 358 Å². The van der Waals surface area contributed by atoms with Crippen LogP contribution in [0.25, 0.3) is 72.1 Å². The molecule has 1 aliphatic heterocycles. The minimum Gasteiger partial charge on any atom is -0.252 e. The third-order valence-electron chi connectivity index (χ3n) is 13.2. The third kappa shape index (κ3) is 6.03. The maximum absolute atomic E-state index is 5.25. The predicted molar refractivity (Wildman–Crippen MR) is 261 cm³/mol. The molecule has 0 fully saturated rings. The Hall–Kier alpha value is -7.35. The smallest absolute Gasteiger partial charge is 0.0708 e. The number of benzene rings is 9. The molecule has 0 spiro atoms. The van der Waals surface area contributed by atoms with E-state index in [2.05, 4.69) is 215 Å². The summed E-state index contributed by atoms with van der Waals surface area (Å²) in [5.41, 5.74) is 21.6. The lowest BCUT2D eigenvalue weighted by Gasteiger charge is -2.29. The normalized spacial score (nSPS) is 14.4. The van der Waals surface area contributed by atoms with Gasteiger partial charge in [0.2, 0.25) is 0 Å². The van der Waals surface area contributed by atoms with Crippen molar-refractivity contribution < 1.29 is 0 Å². The molecule has 0 amide bonds. The molecular weight excluding hydrogens is 735 g/mol. The molecule has 0 atom stereocenters. The number of aryl methyl sites for hydroxylation is 1. The van der Waals surface area contributed by atoms with Crippen LogP contribution in [-0.4, -0.2) is 5.71 Å². The van der Waals surface area contributed by atoms with Crippen molar-refractivity contribution in [2.45, 2.75) is 32.6 Å². The van der Waals surface area contributed by atoms with Gasteiger partial charge in [-0.15, -0.1) is 0 Å². The first-order valence-electron chi connectivity index (χ1n) is 21.4. The summed E-state index contributed by atoms with van der Waals surface area (Å²) in [6.45, 7) is 11.9. The Bertz CT molecular complexity index is 3290. The second kappa shape index (κ2) is 14.4. The molecule has 290 valence electrons. The molecular formula is C60H45N. The molecule has 2 aliphatic rings. The first-order chi connectivity index (χ1) is 29.8. The first kappa shape index (κ1) is 36.7. The average molecular weight is 780 g/mol. The predicted octanol–water partition coefficient (Wildman–Crippen LogP) is 16.1. The summed E-state index contributed by atoms with van der Waals surface area (Å²) in [5, 5.41) is 5.01. The van der Waals surface area contributed by atoms with Gasteiger partial charge in [-0.2, -0.15) is 0 Å². The zero-order valence-corrected chi connectivity index (χ0v) is 34.8. The topological polar surface area (TPSA) is 12.4 Å². The highest BCUT2D eigenvalue weighted by atomic mass is 14.8. The van der Waals surface area contributed by atoms with Crippen LogP contribution in [0.4, 0.5) is 5.69 Å². The molecule has 0 N–H and O–H groups in total. The van der Waals surface area contributed by atoms with Crippen molar-refractivity contribution >= 4 is 50.2 Å². The first-order valence-corrected chi connectivity index (χ1v) is 21.4. The minimum absolute atomic E-state index is 0.241. The number of para-hydroxylation sites is 1. The molecule has 11 rings (SSSR count). The fraction of sp³-hybridized carbons (Fsp3) is 0.0833. The number of fused-ring (bicyclic) bond motifs is 7. The summed E-state index contributed by atoms with van der Waals surface area (Å²) < 4.78 is 0. The number of rotatable bonds is 6. The van der Waals surface area contributed by atoms with Crippen LogP contribution < -0.4 is 0 Å². The molecule has 1 heterocycles. The Balaban J connectivity index is 1.14. The SMILES string of the molecule is C=C(c1ccccc1)c1ccc2c(c1-c1c(C)ccc3c1c(-c1ccc(C4=Nc5ccccc5C(=Cc5ccccc5)C4)cc1)cc1ccccc13)C(C)(C)c1ccccc1-2. The zero-order chi connectivity index (χ0) is 41.2. The molecule has 0 saturated carbocycles. The fourth-order valence-corrected chi connectivity index (χ4v) is 10.2. The Morgan fingerprint density at radius 3 is 2.05 bits per heavy atom. The van der Waals surface area contributed by atoms with Crippen molar-refractivity contribution in [2.24, 2.45) is 4.99 Å². The van der Waals surface area contributed by atoms with Crippen molar-refractivity contribution in [3.05, 3.63) is 239 Å². The highest BCUT2D eigenvalue weighted by Crippen LogP contribution is 2.56. The molecule has 0 unspecified atom stereocenters. The van der Waals surface area contributed by atoms with E-state index in [0.29, 0.717) is 0 Å². The second-order valence-electron chi connectivity index (χ2n) is 17.2. The number of aliphatic imine (C=N–C) groups is 1. The summed E-state index contributed by atoms with van der Waals surface area (Å²) in [7, 11) is 0. The number of hydrogen-bond acceptors (Lipinski definition) is 1. The van der Waals surface area contributed by atoms with E-state index in [1.807, 2.05) is 0 Å². The van der Waals surface area contributed by atoms with E-state index < -0.39 is 0 Å². The summed E-state index contributed by atoms with van der Waals surface area (Å²) >= 11 is 0. The molecule has 1 heteroatoms. The lowest BCUT2D eigenvalue weighted by molar-refractivity contribution is 0.662. The Morgan fingerprint density at radius 2 is 1.25 bits per heavy atom. The van der Waals surface area contributed by atoms with Crippen LogP contribution in [-0.2, 0) is 5.41 Å². The van der Waals surface area contributed by atoms with Crippen molar-refractivity contribution in [3.8, 4) is 33.4 Å². The van der Waals surface area contributed by atoms with Crippen LogP contribution in [0, 0.1) is 6.92 Å². The summed E-state index contributed by atoms with van der Waals surface area (Å²) in [5.74, 6) is 0. The number of hydrogen-bond donors (Lipinski definition) is 0. The highest BCUT2D eigenvalue weighted by molar-refractivity contribution is 6.20. The molecule has 1 nitrogen and oxygen atoms in total.